The van der Waals surface area contributed by atoms with E-state index in [0.29, 0.717) is 41.7 Å². The lowest BCUT2D eigenvalue weighted by Gasteiger charge is -2.33. The van der Waals surface area contributed by atoms with Crippen LogP contribution in [0, 0.1) is 65.9 Å². The number of piperazine rings is 5. The average molecular weight is 1890 g/mol. The second-order valence-corrected chi connectivity index (χ2v) is 37.7. The maximum atomic E-state index is 14.6. The van der Waals surface area contributed by atoms with Gasteiger partial charge in [-0.05, 0) is 186 Å². The molecule has 20 rings (SSSR count). The highest BCUT2D eigenvalue weighted by Crippen LogP contribution is 2.36. The molecular formula is C107H131F3N30. The molecule has 0 radical (unpaired) electrons. The maximum Gasteiger partial charge on any atom is 0.148 e. The fraction of sp³-hybridized carbons (Fsp3) is 0.393. The molecule has 0 saturated carbocycles. The van der Waals surface area contributed by atoms with Gasteiger partial charge in [-0.1, -0.05) is 30.3 Å². The third kappa shape index (κ3) is 25.0. The molecule has 5 aliphatic rings. The second kappa shape index (κ2) is 45.4. The van der Waals surface area contributed by atoms with E-state index < -0.39 is 0 Å². The quantitative estimate of drug-likeness (QED) is 0.0688. The number of pyridine rings is 5. The van der Waals surface area contributed by atoms with Crippen LogP contribution in [0.1, 0.15) is 68.7 Å². The fourth-order valence-electron chi connectivity index (χ4n) is 18.6. The Morgan fingerprint density at radius 2 is 0.550 bits per heavy atom. The van der Waals surface area contributed by atoms with Crippen LogP contribution in [0.4, 0.5) is 70.7 Å². The maximum absolute atomic E-state index is 14.6. The molecule has 10 aromatic heterocycles. The van der Waals surface area contributed by atoms with Gasteiger partial charge in [0.25, 0.3) is 0 Å². The van der Waals surface area contributed by atoms with Gasteiger partial charge in [0.15, 0.2) is 0 Å². The fourth-order valence-corrected chi connectivity index (χ4v) is 18.6. The molecule has 5 aromatic carbocycles. The molecule has 0 atom stereocenters. The van der Waals surface area contributed by atoms with E-state index in [9.17, 15) is 13.2 Å². The second-order valence-electron chi connectivity index (χ2n) is 37.7. The van der Waals surface area contributed by atoms with Gasteiger partial charge in [-0.25, -0.2) is 63.0 Å². The van der Waals surface area contributed by atoms with Crippen molar-refractivity contribution < 1.29 is 13.2 Å². The van der Waals surface area contributed by atoms with Crippen molar-refractivity contribution in [2.45, 2.75) is 81.2 Å². The summed E-state index contributed by atoms with van der Waals surface area (Å²) in [6.45, 7) is 37.3. The highest BCUT2D eigenvalue weighted by atomic mass is 19.1. The Morgan fingerprint density at radius 3 is 0.929 bits per heavy atom. The number of likely N-dealkylation sites (N-methyl/N-ethyl adjacent to an activating group) is 5. The molecule has 0 amide bonds. The molecule has 30 nitrogen and oxygen atoms in total. The molecule has 5 aliphatic heterocycles. The SMILES string of the molecule is Cc1cc(N(C)Cc2cc(N3CCN(C)CC3)nc(C)n2)c2ncccc2c1.Cc1nc(CN(C)c2c(F)ccc3cccnc23)cc(N2CCN(C)CC2)n1.Cc1nc(CN(C)c2cc(F)cc3cccnc23)cc(N2CCN(C)CC2)n1.Cc1nc(CN(C)c2ccc(C)c3cccnc23)cc(N2CCN(C)CC2)n1.Cc1nc(CN(C)c2ccc(F)c3cccnc23)cc(N2CCN(C)CC2)n1. The molecule has 0 spiro atoms. The van der Waals surface area contributed by atoms with Crippen molar-refractivity contribution in [3.8, 4) is 0 Å². The zero-order valence-electron chi connectivity index (χ0n) is 84.0. The van der Waals surface area contributed by atoms with Crippen LogP contribution in [0.25, 0.3) is 54.5 Å². The van der Waals surface area contributed by atoms with Gasteiger partial charge < -0.3 is 73.5 Å². The van der Waals surface area contributed by atoms with Gasteiger partial charge in [-0.2, -0.15) is 0 Å². The predicted octanol–water partition coefficient (Wildman–Crippen LogP) is 14.6. The van der Waals surface area contributed by atoms with E-state index >= 15 is 0 Å². The minimum Gasteiger partial charge on any atom is -0.367 e. The van der Waals surface area contributed by atoms with Gasteiger partial charge in [0, 0.05) is 254 Å². The number of hydrogen-bond acceptors (Lipinski definition) is 30. The lowest BCUT2D eigenvalue weighted by atomic mass is 10.1. The third-order valence-electron chi connectivity index (χ3n) is 26.4. The number of rotatable bonds is 20. The predicted molar refractivity (Wildman–Crippen MR) is 561 cm³/mol. The van der Waals surface area contributed by atoms with Gasteiger partial charge >= 0.3 is 0 Å². The number of aryl methyl sites for hydroxylation is 7. The molecule has 5 fully saturated rings. The summed E-state index contributed by atoms with van der Waals surface area (Å²) in [6.07, 6.45) is 8.84. The van der Waals surface area contributed by atoms with E-state index in [2.05, 4.69) is 241 Å². The van der Waals surface area contributed by atoms with Crippen LogP contribution in [0.3, 0.4) is 0 Å². The molecule has 15 aromatic rings. The van der Waals surface area contributed by atoms with E-state index in [1.807, 2.05) is 126 Å². The summed E-state index contributed by atoms with van der Waals surface area (Å²) in [4.78, 5) is 103. The zero-order chi connectivity index (χ0) is 98.4. The zero-order valence-corrected chi connectivity index (χ0v) is 84.0. The first-order valence-corrected chi connectivity index (χ1v) is 48.3. The van der Waals surface area contributed by atoms with Gasteiger partial charge in [-0.3, -0.25) is 24.9 Å². The van der Waals surface area contributed by atoms with Crippen molar-refractivity contribution >= 4 is 112 Å². The summed E-state index contributed by atoms with van der Waals surface area (Å²) in [5, 5.41) is 4.61. The minimum atomic E-state index is -0.279. The van der Waals surface area contributed by atoms with Gasteiger partial charge in [0.2, 0.25) is 0 Å². The molecule has 33 heteroatoms. The first-order chi connectivity index (χ1) is 67.5. The molecule has 5 saturated heterocycles. The van der Waals surface area contributed by atoms with Crippen LogP contribution in [-0.4, -0.2) is 301 Å². The number of nitrogens with zero attached hydrogens (tertiary/aromatic N) is 30. The summed E-state index contributed by atoms with van der Waals surface area (Å²) in [6, 6.07) is 47.9. The standard InChI is InChI=1S/2C22H28N6.3C21H25FN6/c1-16-7-8-20(22-19(16)6-5-9-23-22)27(4)15-18-14-21(25-17(2)24-18)28-12-10-26(3)11-13-28;1-16-12-18-6-5-7-23-22(18)20(13-16)27(4)15-19-14-21(25-17(2)24-19)28-10-8-26(3)9-11-28;1-15-24-16(13-20(25-15)28-11-9-26(2)10-12-28)14-27(3)19-7-6-18(22)17-5-4-8-23-21(17)19;1-15-24-17(13-19(25-15)28-11-9-26(2)10-12-28)14-27(3)21-18(22)7-6-16-5-4-8-23-20(16)21;1-15-24-18(13-20(25-15)28-9-7-26(2)8-10-28)14-27(3)19-12-17(22)11-16-5-4-6-23-21(16)19/h5-9,14H,10-13,15H2,1-4H3;5-7,12-14H,8-11,15H2,1-4H3;2*4-8,13H,9-12,14H2,1-3H3;4-6,11-13H,7-10,14H2,1-3H3. The van der Waals surface area contributed by atoms with Crippen molar-refractivity contribution in [1.82, 2.24) is 99.3 Å². The Labute approximate surface area is 820 Å². The first kappa shape index (κ1) is 99.2. The summed E-state index contributed by atoms with van der Waals surface area (Å²) in [7, 11) is 20.8. The van der Waals surface area contributed by atoms with Gasteiger partial charge in [-0.15, -0.1) is 0 Å². The summed E-state index contributed by atoms with van der Waals surface area (Å²) >= 11 is 0. The smallest absolute Gasteiger partial charge is 0.148 e. The van der Waals surface area contributed by atoms with Crippen LogP contribution < -0.4 is 49.0 Å². The van der Waals surface area contributed by atoms with Crippen LogP contribution in [0.5, 0.6) is 0 Å². The lowest BCUT2D eigenvalue weighted by Crippen LogP contribution is -2.45. The van der Waals surface area contributed by atoms with Crippen molar-refractivity contribution in [1.29, 1.82) is 0 Å². The normalized spacial score (nSPS) is 15.2. The summed E-state index contributed by atoms with van der Waals surface area (Å²) in [5.74, 6) is 8.07. The molecular weight excluding hydrogens is 1760 g/mol. The van der Waals surface area contributed by atoms with Crippen LogP contribution in [0.2, 0.25) is 0 Å². The molecule has 140 heavy (non-hydrogen) atoms. The number of benzene rings is 5. The molecule has 0 bridgehead atoms. The van der Waals surface area contributed by atoms with Gasteiger partial charge in [0.05, 0.1) is 117 Å². The minimum absolute atomic E-state index is 0.254. The van der Waals surface area contributed by atoms with E-state index in [4.69, 9.17) is 15.0 Å². The number of hydrogen-bond donors (Lipinski definition) is 0. The van der Waals surface area contributed by atoms with Crippen molar-refractivity contribution in [2.24, 2.45) is 0 Å². The molecule has 0 unspecified atom stereocenters. The Balaban J connectivity index is 0.000000126. The Hall–Kier alpha value is -13.9. The van der Waals surface area contributed by atoms with E-state index in [1.54, 1.807) is 42.9 Å². The van der Waals surface area contributed by atoms with Crippen molar-refractivity contribution in [3.63, 3.8) is 0 Å². The van der Waals surface area contributed by atoms with Crippen LogP contribution in [-0.2, 0) is 32.7 Å². The number of halogens is 3. The van der Waals surface area contributed by atoms with Crippen molar-refractivity contribution in [3.05, 3.63) is 269 Å². The van der Waals surface area contributed by atoms with E-state index in [0.717, 1.165) is 281 Å². The topological polar surface area (TPSA) is 242 Å². The Morgan fingerprint density at radius 1 is 0.257 bits per heavy atom. The third-order valence-corrected chi connectivity index (χ3v) is 26.4. The molecule has 0 N–H and O–H groups in total. The van der Waals surface area contributed by atoms with Crippen LogP contribution in [0.15, 0.2) is 183 Å². The first-order valence-electron chi connectivity index (χ1n) is 48.3. The summed E-state index contributed by atoms with van der Waals surface area (Å²) < 4.78 is 42.8. The van der Waals surface area contributed by atoms with Crippen LogP contribution >= 0.6 is 0 Å². The lowest BCUT2D eigenvalue weighted by molar-refractivity contribution is 0.312. The monoisotopic (exact) mass is 1890 g/mol. The molecule has 15 heterocycles. The molecule has 730 valence electrons. The van der Waals surface area contributed by atoms with E-state index in [1.165, 1.54) is 46.2 Å². The number of fused-ring (bicyclic) bond motifs is 5. The largest absolute Gasteiger partial charge is 0.367 e. The highest BCUT2D eigenvalue weighted by molar-refractivity contribution is 5.95. The van der Waals surface area contributed by atoms with E-state index in [-0.39, 0.29) is 17.5 Å². The average Bonchev–Trinajstić information content (AvgIpc) is 0.799. The number of anilines is 10. The highest BCUT2D eigenvalue weighted by Gasteiger charge is 2.27. The van der Waals surface area contributed by atoms with Crippen molar-refractivity contribution in [2.75, 3.05) is 250 Å². The Bertz CT molecular complexity index is 6450. The summed E-state index contributed by atoms with van der Waals surface area (Å²) in [5.41, 5.74) is 15.9. The Kier molecular flexibility index (Phi) is 32.1. The number of aromatic nitrogens is 15. The molecule has 0 aliphatic carbocycles. The van der Waals surface area contributed by atoms with Gasteiger partial charge in [0.1, 0.15) is 75.7 Å².